The Morgan fingerprint density at radius 1 is 0.500 bits per heavy atom. The third-order valence-electron chi connectivity index (χ3n) is 11.8. The molecule has 9 heteroatoms. The van der Waals surface area contributed by atoms with Crippen LogP contribution in [0.3, 0.4) is 0 Å². The summed E-state index contributed by atoms with van der Waals surface area (Å²) in [5.41, 5.74) is 0. The Hall–Kier alpha value is -1.71. The first-order chi connectivity index (χ1) is 28.4. The molecule has 9 nitrogen and oxygen atoms in total. The van der Waals surface area contributed by atoms with Gasteiger partial charge in [-0.3, -0.25) is 14.4 Å². The van der Waals surface area contributed by atoms with Crippen LogP contribution in [-0.2, 0) is 28.6 Å². The highest BCUT2D eigenvalue weighted by Crippen LogP contribution is 2.24. The number of ether oxygens (including phenoxy) is 3. The fourth-order valence-electron chi connectivity index (χ4n) is 8.24. The quantitative estimate of drug-likeness (QED) is 0.0353. The molecule has 0 aliphatic carbocycles. The van der Waals surface area contributed by atoms with Crippen molar-refractivity contribution < 1.29 is 38.8 Å². The van der Waals surface area contributed by atoms with Gasteiger partial charge in [0.05, 0.1) is 13.2 Å². The molecule has 1 saturated heterocycles. The number of esters is 2. The van der Waals surface area contributed by atoms with Crippen molar-refractivity contribution in [2.45, 2.75) is 227 Å². The molecule has 1 heterocycles. The van der Waals surface area contributed by atoms with E-state index in [0.29, 0.717) is 44.5 Å². The van der Waals surface area contributed by atoms with Gasteiger partial charge in [-0.15, -0.1) is 0 Å². The predicted molar refractivity (Wildman–Crippen MR) is 242 cm³/mol. The van der Waals surface area contributed by atoms with Crippen molar-refractivity contribution in [1.29, 1.82) is 0 Å². The molecule has 0 amide bonds. The van der Waals surface area contributed by atoms with Crippen LogP contribution in [0.15, 0.2) is 0 Å². The first-order valence-corrected chi connectivity index (χ1v) is 24.6. The van der Waals surface area contributed by atoms with E-state index < -0.39 is 0 Å². The van der Waals surface area contributed by atoms with Crippen LogP contribution in [0.2, 0.25) is 0 Å². The van der Waals surface area contributed by atoms with Gasteiger partial charge in [-0.05, 0) is 102 Å². The number of aliphatic hydroxyl groups is 1. The molecule has 58 heavy (non-hydrogen) atoms. The van der Waals surface area contributed by atoms with E-state index in [4.69, 9.17) is 29.2 Å². The van der Waals surface area contributed by atoms with Gasteiger partial charge in [-0.1, -0.05) is 150 Å². The van der Waals surface area contributed by atoms with Crippen LogP contribution in [-0.4, -0.2) is 86.7 Å². The van der Waals surface area contributed by atoms with Crippen LogP contribution >= 0.6 is 0 Å². The molecule has 346 valence electrons. The van der Waals surface area contributed by atoms with E-state index >= 15 is 0 Å². The van der Waals surface area contributed by atoms with Gasteiger partial charge in [-0.2, -0.15) is 0 Å². The maximum atomic E-state index is 12.5. The second kappa shape index (κ2) is 48.0. The zero-order valence-corrected chi connectivity index (χ0v) is 39.0. The van der Waals surface area contributed by atoms with E-state index in [1.54, 1.807) is 0 Å². The van der Waals surface area contributed by atoms with Crippen molar-refractivity contribution in [3.05, 3.63) is 0 Å². The highest BCUT2D eigenvalue weighted by Gasteiger charge is 2.15. The monoisotopic (exact) mass is 828 g/mol. The molecular formula is C49H97NO8. The van der Waals surface area contributed by atoms with E-state index in [0.717, 1.165) is 58.2 Å². The standard InChI is InChI=1S/C47H91NO5.CH2O2.CH4O/c1-5-9-14-25-44(26-15-10-6-2)34-41-52-46(49)32-19-13-18-29-43(30-22-38-48-36-20-21-37-48)31-23-39-51-40-24-33-47(50)53-42-35-45(27-16-11-7-3)28-17-12-8-4;2-1-3;1-2/h43-45H,5-42H2,1-4H3;1H,(H,2,3);2H,1H3. The number of rotatable bonds is 40. The smallest absolute Gasteiger partial charge is 0.305 e. The maximum Gasteiger partial charge on any atom is 0.305 e. The Morgan fingerprint density at radius 3 is 1.31 bits per heavy atom. The fraction of sp³-hybridized carbons (Fsp3) is 0.939. The summed E-state index contributed by atoms with van der Waals surface area (Å²) < 4.78 is 17.3. The van der Waals surface area contributed by atoms with Gasteiger partial charge in [0.1, 0.15) is 0 Å². The van der Waals surface area contributed by atoms with Crippen LogP contribution < -0.4 is 0 Å². The Balaban J connectivity index is 0. The summed E-state index contributed by atoms with van der Waals surface area (Å²) in [6.07, 6.45) is 36.6. The lowest BCUT2D eigenvalue weighted by molar-refractivity contribution is -0.145. The van der Waals surface area contributed by atoms with E-state index in [-0.39, 0.29) is 18.4 Å². The van der Waals surface area contributed by atoms with Crippen LogP contribution in [0.25, 0.3) is 0 Å². The molecule has 2 N–H and O–H groups in total. The number of unbranched alkanes of at least 4 members (excludes halogenated alkanes) is 10. The van der Waals surface area contributed by atoms with Gasteiger partial charge in [0.25, 0.3) is 6.47 Å². The molecule has 0 saturated carbocycles. The first-order valence-electron chi connectivity index (χ1n) is 24.6. The predicted octanol–water partition coefficient (Wildman–Crippen LogP) is 12.7. The molecule has 0 aromatic rings. The average Bonchev–Trinajstić information content (AvgIpc) is 3.75. The maximum absolute atomic E-state index is 12.5. The number of likely N-dealkylation sites (tertiary alicyclic amines) is 1. The van der Waals surface area contributed by atoms with E-state index in [2.05, 4.69) is 32.6 Å². The summed E-state index contributed by atoms with van der Waals surface area (Å²) in [4.78, 5) is 35.8. The molecule has 0 aromatic carbocycles. The lowest BCUT2D eigenvalue weighted by Crippen LogP contribution is -2.21. The summed E-state index contributed by atoms with van der Waals surface area (Å²) in [7, 11) is 1.00. The van der Waals surface area contributed by atoms with Crippen molar-refractivity contribution in [3.63, 3.8) is 0 Å². The summed E-state index contributed by atoms with van der Waals surface area (Å²) in [6, 6.07) is 0. The molecule has 1 rings (SSSR count). The third kappa shape index (κ3) is 41.0. The summed E-state index contributed by atoms with van der Waals surface area (Å²) in [5, 5.41) is 13.9. The summed E-state index contributed by atoms with van der Waals surface area (Å²) in [6.45, 7) is 15.2. The van der Waals surface area contributed by atoms with Crippen LogP contribution in [0.4, 0.5) is 0 Å². The zero-order valence-electron chi connectivity index (χ0n) is 39.0. The molecule has 0 radical (unpaired) electrons. The minimum Gasteiger partial charge on any atom is -0.483 e. The lowest BCUT2D eigenvalue weighted by atomic mass is 9.91. The van der Waals surface area contributed by atoms with Gasteiger partial charge in [-0.25, -0.2) is 0 Å². The Labute approximate surface area is 358 Å². The SMILES string of the molecule is CCCCCC(CCCCC)CCOC(=O)CCCCCC(CCCOCCCC(=O)OCCC(CCCCC)CCCCC)CCCN1CCCC1.CO.O=CO. The second-order valence-corrected chi connectivity index (χ2v) is 16.9. The van der Waals surface area contributed by atoms with Gasteiger partial charge in [0, 0.05) is 33.2 Å². The van der Waals surface area contributed by atoms with Crippen molar-refractivity contribution >= 4 is 18.4 Å². The number of nitrogens with zero attached hydrogens (tertiary/aromatic N) is 1. The molecule has 1 atom stereocenters. The Kier molecular flexibility index (Phi) is 48.3. The van der Waals surface area contributed by atoms with E-state index in [1.807, 2.05) is 0 Å². The molecule has 1 aliphatic rings. The summed E-state index contributed by atoms with van der Waals surface area (Å²) >= 11 is 0. The number of carbonyl (C=O) groups is 3. The topological polar surface area (TPSA) is 123 Å². The molecule has 0 bridgehead atoms. The molecular weight excluding hydrogens is 731 g/mol. The van der Waals surface area contributed by atoms with Crippen LogP contribution in [0.1, 0.15) is 227 Å². The van der Waals surface area contributed by atoms with Crippen molar-refractivity contribution in [3.8, 4) is 0 Å². The van der Waals surface area contributed by atoms with Crippen molar-refractivity contribution in [2.24, 2.45) is 17.8 Å². The number of hydrogen-bond acceptors (Lipinski definition) is 8. The number of aliphatic hydroxyl groups excluding tert-OH is 1. The zero-order chi connectivity index (χ0) is 43.2. The highest BCUT2D eigenvalue weighted by molar-refractivity contribution is 5.69. The van der Waals surface area contributed by atoms with E-state index in [1.165, 1.54) is 167 Å². The normalized spacial score (nSPS) is 13.2. The van der Waals surface area contributed by atoms with Crippen molar-refractivity contribution in [2.75, 3.05) is 53.2 Å². The molecule has 0 aromatic heterocycles. The number of carboxylic acid groups (broad SMARTS) is 1. The van der Waals surface area contributed by atoms with Crippen LogP contribution in [0, 0.1) is 17.8 Å². The lowest BCUT2D eigenvalue weighted by Gasteiger charge is -2.20. The van der Waals surface area contributed by atoms with Crippen molar-refractivity contribution in [1.82, 2.24) is 4.90 Å². The average molecular weight is 828 g/mol. The van der Waals surface area contributed by atoms with E-state index in [9.17, 15) is 9.59 Å². The van der Waals surface area contributed by atoms with Gasteiger partial charge in [0.2, 0.25) is 0 Å². The molecule has 1 aliphatic heterocycles. The number of hydrogen-bond donors (Lipinski definition) is 2. The third-order valence-corrected chi connectivity index (χ3v) is 11.8. The Bertz CT molecular complexity index is 833. The molecule has 0 spiro atoms. The summed E-state index contributed by atoms with van der Waals surface area (Å²) in [5.74, 6) is 2.08. The largest absolute Gasteiger partial charge is 0.483 e. The molecule has 1 fully saturated rings. The second-order valence-electron chi connectivity index (χ2n) is 16.9. The van der Waals surface area contributed by atoms with Crippen LogP contribution in [0.5, 0.6) is 0 Å². The fourth-order valence-corrected chi connectivity index (χ4v) is 8.24. The van der Waals surface area contributed by atoms with Gasteiger partial charge < -0.3 is 29.3 Å². The minimum atomic E-state index is -0.250. The molecule has 1 unspecified atom stereocenters. The van der Waals surface area contributed by atoms with Gasteiger partial charge >= 0.3 is 11.9 Å². The first kappa shape index (κ1) is 58.4. The highest BCUT2D eigenvalue weighted by atomic mass is 16.5. The number of carbonyl (C=O) groups excluding carboxylic acids is 2. The Morgan fingerprint density at radius 2 is 0.862 bits per heavy atom. The minimum absolute atomic E-state index is 0.00249. The van der Waals surface area contributed by atoms with Gasteiger partial charge in [0.15, 0.2) is 0 Å².